The van der Waals surface area contributed by atoms with Crippen LogP contribution in [0, 0.1) is 12.8 Å². The van der Waals surface area contributed by atoms with Crippen LogP contribution < -0.4 is 10.1 Å². The Morgan fingerprint density at radius 2 is 1.66 bits per heavy atom. The van der Waals surface area contributed by atoms with Crippen LogP contribution in [0.2, 0.25) is 0 Å². The van der Waals surface area contributed by atoms with Crippen molar-refractivity contribution in [3.8, 4) is 5.75 Å². The smallest absolute Gasteiger partial charge is 0.338 e. The fourth-order valence-electron chi connectivity index (χ4n) is 2.57. The molecule has 9 heteroatoms. The number of amides is 1. The summed E-state index contributed by atoms with van der Waals surface area (Å²) < 4.78 is 36.6. The van der Waals surface area contributed by atoms with E-state index in [1.807, 2.05) is 13.8 Å². The molecule has 0 aliphatic heterocycles. The van der Waals surface area contributed by atoms with Gasteiger partial charge in [0.25, 0.3) is 5.91 Å². The molecule has 0 spiro atoms. The minimum atomic E-state index is -3.65. The van der Waals surface area contributed by atoms with E-state index >= 15 is 0 Å². The molecule has 174 valence electrons. The van der Waals surface area contributed by atoms with Gasteiger partial charge >= 0.3 is 5.97 Å². The molecule has 0 saturated carbocycles. The molecule has 0 fully saturated rings. The molecular formula is C23H30N2O6S. The Balaban J connectivity index is 2.05. The van der Waals surface area contributed by atoms with Crippen LogP contribution in [0.3, 0.4) is 0 Å². The number of nitrogens with zero attached hydrogens (tertiary/aromatic N) is 1. The standard InChI is InChI=1S/C23H30N2O6S/c1-15(2)14-30-19-10-8-18(9-11-19)23(27)31-17(4)22(26)24-21-13-20(12-7-16(21)3)32(28,29)25(5)6/h7-13,15,17H,14H2,1-6H3,(H,24,26). The summed E-state index contributed by atoms with van der Waals surface area (Å²) >= 11 is 0. The number of sulfonamides is 1. The molecule has 2 aromatic carbocycles. The number of ether oxygens (including phenoxy) is 2. The van der Waals surface area contributed by atoms with Gasteiger partial charge in [-0.3, -0.25) is 4.79 Å². The van der Waals surface area contributed by atoms with Crippen molar-refractivity contribution in [1.82, 2.24) is 4.31 Å². The van der Waals surface area contributed by atoms with Crippen LogP contribution in [-0.2, 0) is 19.6 Å². The highest BCUT2D eigenvalue weighted by molar-refractivity contribution is 7.89. The van der Waals surface area contributed by atoms with Crippen molar-refractivity contribution >= 4 is 27.6 Å². The van der Waals surface area contributed by atoms with Gasteiger partial charge in [0.2, 0.25) is 10.0 Å². The number of carbonyl (C=O) groups excluding carboxylic acids is 2. The summed E-state index contributed by atoms with van der Waals surface area (Å²) in [6.45, 7) is 7.83. The number of nitrogens with one attached hydrogen (secondary N) is 1. The highest BCUT2D eigenvalue weighted by Crippen LogP contribution is 2.22. The molecule has 1 unspecified atom stereocenters. The monoisotopic (exact) mass is 462 g/mol. The zero-order valence-corrected chi connectivity index (χ0v) is 20.0. The Morgan fingerprint density at radius 3 is 2.22 bits per heavy atom. The van der Waals surface area contributed by atoms with Crippen LogP contribution in [-0.4, -0.2) is 51.4 Å². The molecule has 2 aromatic rings. The Hall–Kier alpha value is -2.91. The van der Waals surface area contributed by atoms with Crippen LogP contribution in [0.5, 0.6) is 5.75 Å². The molecule has 0 aliphatic carbocycles. The van der Waals surface area contributed by atoms with Gasteiger partial charge < -0.3 is 14.8 Å². The minimum absolute atomic E-state index is 0.0489. The van der Waals surface area contributed by atoms with Crippen molar-refractivity contribution in [3.05, 3.63) is 53.6 Å². The third-order valence-corrected chi connectivity index (χ3v) is 6.38. The van der Waals surface area contributed by atoms with Crippen LogP contribution >= 0.6 is 0 Å². The van der Waals surface area contributed by atoms with Gasteiger partial charge in [-0.05, 0) is 61.7 Å². The predicted octanol–water partition coefficient (Wildman–Crippen LogP) is 3.46. The van der Waals surface area contributed by atoms with Crippen molar-refractivity contribution in [2.45, 2.75) is 38.7 Å². The first-order valence-corrected chi connectivity index (χ1v) is 11.6. The summed E-state index contributed by atoms with van der Waals surface area (Å²) in [7, 11) is -0.796. The highest BCUT2D eigenvalue weighted by Gasteiger charge is 2.22. The third kappa shape index (κ3) is 6.54. The third-order valence-electron chi connectivity index (χ3n) is 4.57. The second-order valence-corrected chi connectivity index (χ2v) is 10.2. The second-order valence-electron chi connectivity index (χ2n) is 8.03. The van der Waals surface area contributed by atoms with E-state index in [4.69, 9.17) is 9.47 Å². The molecule has 0 aromatic heterocycles. The van der Waals surface area contributed by atoms with Crippen molar-refractivity contribution in [3.63, 3.8) is 0 Å². The average molecular weight is 463 g/mol. The summed E-state index contributed by atoms with van der Waals surface area (Å²) in [5, 5.41) is 2.64. The summed E-state index contributed by atoms with van der Waals surface area (Å²) in [5.74, 6) is -0.197. The van der Waals surface area contributed by atoms with Crippen molar-refractivity contribution in [2.24, 2.45) is 5.92 Å². The van der Waals surface area contributed by atoms with E-state index in [1.54, 1.807) is 37.3 Å². The van der Waals surface area contributed by atoms with Gasteiger partial charge in [-0.1, -0.05) is 19.9 Å². The quantitative estimate of drug-likeness (QED) is 0.573. The largest absolute Gasteiger partial charge is 0.493 e. The lowest BCUT2D eigenvalue weighted by atomic mass is 10.2. The van der Waals surface area contributed by atoms with E-state index < -0.39 is 28.0 Å². The van der Waals surface area contributed by atoms with E-state index in [9.17, 15) is 18.0 Å². The second kappa shape index (κ2) is 10.6. The van der Waals surface area contributed by atoms with E-state index in [0.717, 1.165) is 4.31 Å². The van der Waals surface area contributed by atoms with Crippen molar-refractivity contribution in [1.29, 1.82) is 0 Å². The first-order chi connectivity index (χ1) is 14.9. The molecule has 0 radical (unpaired) electrons. The maximum absolute atomic E-state index is 12.6. The van der Waals surface area contributed by atoms with Gasteiger partial charge in [0.1, 0.15) is 5.75 Å². The Morgan fingerprint density at radius 1 is 1.03 bits per heavy atom. The van der Waals surface area contributed by atoms with Crippen LogP contribution in [0.1, 0.15) is 36.7 Å². The molecule has 8 nitrogen and oxygen atoms in total. The molecule has 1 N–H and O–H groups in total. The maximum atomic E-state index is 12.6. The van der Waals surface area contributed by atoms with Crippen LogP contribution in [0.15, 0.2) is 47.4 Å². The fourth-order valence-corrected chi connectivity index (χ4v) is 3.50. The molecule has 0 saturated heterocycles. The zero-order chi connectivity index (χ0) is 24.1. The van der Waals surface area contributed by atoms with Gasteiger partial charge in [-0.25, -0.2) is 17.5 Å². The summed E-state index contributed by atoms with van der Waals surface area (Å²) in [6, 6.07) is 10.9. The first-order valence-electron chi connectivity index (χ1n) is 10.2. The van der Waals surface area contributed by atoms with Gasteiger partial charge in [0.05, 0.1) is 17.1 Å². The number of carbonyl (C=O) groups is 2. The average Bonchev–Trinajstić information content (AvgIpc) is 2.73. The van der Waals surface area contributed by atoms with Crippen LogP contribution in [0.25, 0.3) is 0 Å². The van der Waals surface area contributed by atoms with Crippen molar-refractivity contribution < 1.29 is 27.5 Å². The number of hydrogen-bond acceptors (Lipinski definition) is 6. The van der Waals surface area contributed by atoms with E-state index in [2.05, 4.69) is 5.32 Å². The normalized spacial score (nSPS) is 12.5. The topological polar surface area (TPSA) is 102 Å². The Kier molecular flexibility index (Phi) is 8.40. The molecular weight excluding hydrogens is 432 g/mol. The van der Waals surface area contributed by atoms with E-state index in [1.165, 1.54) is 33.2 Å². The van der Waals surface area contributed by atoms with E-state index in [-0.39, 0.29) is 10.5 Å². The number of anilines is 1. The van der Waals surface area contributed by atoms with Gasteiger partial charge in [0, 0.05) is 19.8 Å². The lowest BCUT2D eigenvalue weighted by molar-refractivity contribution is -0.123. The molecule has 32 heavy (non-hydrogen) atoms. The molecule has 1 atom stereocenters. The number of hydrogen-bond donors (Lipinski definition) is 1. The fraction of sp³-hybridized carbons (Fsp3) is 0.391. The molecule has 2 rings (SSSR count). The lowest BCUT2D eigenvalue weighted by Crippen LogP contribution is -2.30. The van der Waals surface area contributed by atoms with Crippen LogP contribution in [0.4, 0.5) is 5.69 Å². The minimum Gasteiger partial charge on any atom is -0.493 e. The van der Waals surface area contributed by atoms with Crippen molar-refractivity contribution in [2.75, 3.05) is 26.0 Å². The lowest BCUT2D eigenvalue weighted by Gasteiger charge is -2.17. The highest BCUT2D eigenvalue weighted by atomic mass is 32.2. The zero-order valence-electron chi connectivity index (χ0n) is 19.2. The molecule has 0 aliphatic rings. The number of esters is 1. The molecule has 0 bridgehead atoms. The first kappa shape index (κ1) is 25.4. The Bertz CT molecular complexity index is 1060. The summed E-state index contributed by atoms with van der Waals surface area (Å²) in [6.07, 6.45) is -1.09. The number of rotatable bonds is 9. The van der Waals surface area contributed by atoms with Gasteiger partial charge in [0.15, 0.2) is 6.10 Å². The molecule has 0 heterocycles. The van der Waals surface area contributed by atoms with E-state index in [0.29, 0.717) is 29.5 Å². The predicted molar refractivity (Wildman–Crippen MR) is 122 cm³/mol. The maximum Gasteiger partial charge on any atom is 0.338 e. The number of aryl methyl sites for hydroxylation is 1. The SMILES string of the molecule is Cc1ccc(S(=O)(=O)N(C)C)cc1NC(=O)C(C)OC(=O)c1ccc(OCC(C)C)cc1. The summed E-state index contributed by atoms with van der Waals surface area (Å²) in [5.41, 5.74) is 1.29. The van der Waals surface area contributed by atoms with Gasteiger partial charge in [-0.2, -0.15) is 0 Å². The Labute approximate surface area is 189 Å². The molecule has 1 amide bonds. The number of benzene rings is 2. The van der Waals surface area contributed by atoms with Gasteiger partial charge in [-0.15, -0.1) is 0 Å². The summed E-state index contributed by atoms with van der Waals surface area (Å²) in [4.78, 5) is 25.0.